The molecular formula is C26H28BrNO. The van der Waals surface area contributed by atoms with Crippen LogP contribution in [0.5, 0.6) is 5.75 Å². The van der Waals surface area contributed by atoms with Crippen molar-refractivity contribution in [2.24, 2.45) is 5.41 Å². The number of benzene rings is 3. The van der Waals surface area contributed by atoms with Gasteiger partial charge in [0.05, 0.1) is 11.4 Å². The first kappa shape index (κ1) is 19.0. The number of halogens is 1. The molecule has 0 saturated heterocycles. The standard InChI is InChI=1S/C26H28BrNO/c1-24(2)17-13-19(27)21(14-18(17)25(3,4)26(24,5)6)28-15-29-22-12-8-10-16-9-7-11-20(28)23(16)22/h7-14H,15H2,1-6H3. The topological polar surface area (TPSA) is 12.5 Å². The Bertz CT molecular complexity index is 1150. The molecule has 0 amide bonds. The van der Waals surface area contributed by atoms with Gasteiger partial charge < -0.3 is 9.64 Å². The summed E-state index contributed by atoms with van der Waals surface area (Å²) in [6.07, 6.45) is 0. The van der Waals surface area contributed by atoms with Crippen molar-refractivity contribution in [1.29, 1.82) is 0 Å². The lowest BCUT2D eigenvalue weighted by atomic mass is 9.59. The molecule has 150 valence electrons. The van der Waals surface area contributed by atoms with Crippen molar-refractivity contribution in [3.63, 3.8) is 0 Å². The van der Waals surface area contributed by atoms with Crippen LogP contribution in [0.2, 0.25) is 0 Å². The second-order valence-electron chi connectivity index (χ2n) is 10.1. The van der Waals surface area contributed by atoms with E-state index in [9.17, 15) is 0 Å². The third-order valence-corrected chi connectivity index (χ3v) is 8.97. The van der Waals surface area contributed by atoms with Gasteiger partial charge in [-0.2, -0.15) is 0 Å². The molecule has 0 unspecified atom stereocenters. The summed E-state index contributed by atoms with van der Waals surface area (Å²) in [4.78, 5) is 2.30. The second-order valence-corrected chi connectivity index (χ2v) is 10.9. The molecule has 0 spiro atoms. The Morgan fingerprint density at radius 3 is 2.14 bits per heavy atom. The minimum absolute atomic E-state index is 0.0713. The van der Waals surface area contributed by atoms with Crippen molar-refractivity contribution < 1.29 is 4.74 Å². The van der Waals surface area contributed by atoms with Gasteiger partial charge in [-0.1, -0.05) is 65.8 Å². The van der Waals surface area contributed by atoms with Gasteiger partial charge >= 0.3 is 0 Å². The smallest absolute Gasteiger partial charge is 0.165 e. The number of fused-ring (bicyclic) bond motifs is 1. The summed E-state index contributed by atoms with van der Waals surface area (Å²) >= 11 is 3.90. The third-order valence-electron chi connectivity index (χ3n) is 8.33. The lowest BCUT2D eigenvalue weighted by Gasteiger charge is -2.44. The van der Waals surface area contributed by atoms with E-state index >= 15 is 0 Å². The quantitative estimate of drug-likeness (QED) is 0.377. The first-order chi connectivity index (χ1) is 13.6. The monoisotopic (exact) mass is 449 g/mol. The molecule has 1 aliphatic heterocycles. The summed E-state index contributed by atoms with van der Waals surface area (Å²) in [6, 6.07) is 17.5. The Hall–Kier alpha value is -2.00. The highest BCUT2D eigenvalue weighted by atomic mass is 79.9. The van der Waals surface area contributed by atoms with E-state index in [2.05, 4.69) is 111 Å². The Labute approximate surface area is 182 Å². The van der Waals surface area contributed by atoms with Crippen LogP contribution in [0.25, 0.3) is 10.8 Å². The maximum absolute atomic E-state index is 6.18. The highest BCUT2D eigenvalue weighted by Gasteiger charge is 2.57. The molecule has 5 rings (SSSR count). The number of hydrogen-bond donors (Lipinski definition) is 0. The van der Waals surface area contributed by atoms with Crippen molar-refractivity contribution in [2.75, 3.05) is 11.6 Å². The predicted molar refractivity (Wildman–Crippen MR) is 126 cm³/mol. The average Bonchev–Trinajstić information content (AvgIpc) is 2.77. The van der Waals surface area contributed by atoms with Gasteiger partial charge in [0.25, 0.3) is 0 Å². The van der Waals surface area contributed by atoms with Crippen molar-refractivity contribution >= 4 is 38.1 Å². The number of rotatable bonds is 1. The summed E-state index contributed by atoms with van der Waals surface area (Å²) in [7, 11) is 0. The predicted octanol–water partition coefficient (Wildman–Crippen LogP) is 7.69. The van der Waals surface area contributed by atoms with Gasteiger partial charge in [-0.3, -0.25) is 0 Å². The van der Waals surface area contributed by atoms with Crippen LogP contribution in [0.4, 0.5) is 11.4 Å². The Balaban J connectivity index is 1.74. The number of ether oxygens (including phenoxy) is 1. The fourth-order valence-corrected chi connectivity index (χ4v) is 5.85. The summed E-state index contributed by atoms with van der Waals surface area (Å²) in [5.74, 6) is 0.967. The van der Waals surface area contributed by atoms with Crippen LogP contribution in [-0.4, -0.2) is 6.73 Å². The minimum atomic E-state index is 0.0713. The summed E-state index contributed by atoms with van der Waals surface area (Å²) in [5.41, 5.74) is 5.58. The van der Waals surface area contributed by atoms with Gasteiger partial charge in [-0.05, 0) is 73.0 Å². The van der Waals surface area contributed by atoms with E-state index in [1.165, 1.54) is 33.3 Å². The van der Waals surface area contributed by atoms with Crippen LogP contribution in [0.3, 0.4) is 0 Å². The zero-order chi connectivity index (χ0) is 20.8. The SMILES string of the molecule is CC1(C)c2cc(Br)c(N3COc4cccc5cccc3c45)cc2C(C)(C)C1(C)C. The van der Waals surface area contributed by atoms with Gasteiger partial charge in [0.1, 0.15) is 5.75 Å². The molecule has 0 atom stereocenters. The van der Waals surface area contributed by atoms with E-state index in [4.69, 9.17) is 4.74 Å². The van der Waals surface area contributed by atoms with Crippen molar-refractivity contribution in [2.45, 2.75) is 52.4 Å². The molecule has 1 aliphatic carbocycles. The Kier molecular flexibility index (Phi) is 3.79. The molecule has 3 heteroatoms. The highest BCUT2D eigenvalue weighted by Crippen LogP contribution is 2.62. The Morgan fingerprint density at radius 2 is 1.45 bits per heavy atom. The van der Waals surface area contributed by atoms with Crippen LogP contribution in [0.1, 0.15) is 52.7 Å². The van der Waals surface area contributed by atoms with Crippen LogP contribution < -0.4 is 9.64 Å². The molecule has 2 nitrogen and oxygen atoms in total. The molecule has 3 aromatic carbocycles. The van der Waals surface area contributed by atoms with E-state index in [0.29, 0.717) is 6.73 Å². The zero-order valence-corrected chi connectivity index (χ0v) is 19.6. The average molecular weight is 450 g/mol. The van der Waals surface area contributed by atoms with Crippen LogP contribution in [-0.2, 0) is 10.8 Å². The maximum atomic E-state index is 6.18. The second kappa shape index (κ2) is 5.78. The summed E-state index contributed by atoms with van der Waals surface area (Å²) in [6.45, 7) is 14.9. The van der Waals surface area contributed by atoms with E-state index in [1.807, 2.05) is 0 Å². The highest BCUT2D eigenvalue weighted by molar-refractivity contribution is 9.10. The van der Waals surface area contributed by atoms with Crippen LogP contribution >= 0.6 is 15.9 Å². The van der Waals surface area contributed by atoms with Gasteiger partial charge in [0, 0.05) is 9.86 Å². The van der Waals surface area contributed by atoms with Crippen molar-refractivity contribution in [3.8, 4) is 5.75 Å². The number of anilines is 2. The molecule has 1 heterocycles. The zero-order valence-electron chi connectivity index (χ0n) is 18.1. The lowest BCUT2D eigenvalue weighted by molar-refractivity contribution is 0.125. The van der Waals surface area contributed by atoms with Crippen LogP contribution in [0, 0.1) is 5.41 Å². The van der Waals surface area contributed by atoms with Crippen LogP contribution in [0.15, 0.2) is 53.0 Å². The summed E-state index contributed by atoms with van der Waals surface area (Å²) in [5, 5.41) is 2.40. The molecule has 3 aromatic rings. The number of hydrogen-bond acceptors (Lipinski definition) is 2. The molecule has 0 aromatic heterocycles. The molecule has 0 bridgehead atoms. The van der Waals surface area contributed by atoms with Gasteiger partial charge in [-0.25, -0.2) is 0 Å². The number of nitrogens with zero attached hydrogens (tertiary/aromatic N) is 1. The van der Waals surface area contributed by atoms with Crippen molar-refractivity contribution in [1.82, 2.24) is 0 Å². The van der Waals surface area contributed by atoms with Gasteiger partial charge in [-0.15, -0.1) is 0 Å². The molecule has 2 aliphatic rings. The van der Waals surface area contributed by atoms with E-state index in [-0.39, 0.29) is 16.2 Å². The van der Waals surface area contributed by atoms with E-state index in [0.717, 1.165) is 10.2 Å². The molecule has 0 N–H and O–H groups in total. The third kappa shape index (κ3) is 2.28. The molecule has 29 heavy (non-hydrogen) atoms. The first-order valence-corrected chi connectivity index (χ1v) is 11.1. The summed E-state index contributed by atoms with van der Waals surface area (Å²) < 4.78 is 7.30. The fraction of sp³-hybridized carbons (Fsp3) is 0.385. The van der Waals surface area contributed by atoms with Crippen molar-refractivity contribution in [3.05, 3.63) is 64.1 Å². The molecule has 0 radical (unpaired) electrons. The van der Waals surface area contributed by atoms with Gasteiger partial charge in [0.15, 0.2) is 6.73 Å². The van der Waals surface area contributed by atoms with E-state index in [1.54, 1.807) is 0 Å². The maximum Gasteiger partial charge on any atom is 0.165 e. The lowest BCUT2D eigenvalue weighted by Crippen LogP contribution is -2.42. The van der Waals surface area contributed by atoms with Gasteiger partial charge in [0.2, 0.25) is 0 Å². The minimum Gasteiger partial charge on any atom is -0.472 e. The first-order valence-electron chi connectivity index (χ1n) is 10.3. The molecular weight excluding hydrogens is 422 g/mol. The molecule has 0 saturated carbocycles. The Morgan fingerprint density at radius 1 is 0.828 bits per heavy atom. The van der Waals surface area contributed by atoms with E-state index < -0.39 is 0 Å². The normalized spacial score (nSPS) is 20.4. The fourth-order valence-electron chi connectivity index (χ4n) is 5.29. The molecule has 0 fully saturated rings. The largest absolute Gasteiger partial charge is 0.472 e.